The van der Waals surface area contributed by atoms with Crippen molar-refractivity contribution >= 4 is 52.4 Å². The minimum absolute atomic E-state index is 0.0283. The summed E-state index contributed by atoms with van der Waals surface area (Å²) >= 11 is 2.09. The van der Waals surface area contributed by atoms with Gasteiger partial charge in [0.2, 0.25) is 0 Å². The van der Waals surface area contributed by atoms with Gasteiger partial charge in [-0.1, -0.05) is 18.2 Å². The average Bonchev–Trinajstić information content (AvgIpc) is 3.06. The van der Waals surface area contributed by atoms with Gasteiger partial charge < -0.3 is 34.3 Å². The fraction of sp³-hybridized carbons (Fsp3) is 0.273. The predicted molar refractivity (Wildman–Crippen MR) is 186 cm³/mol. The lowest BCUT2D eigenvalue weighted by molar-refractivity contribution is -0.384. The molecule has 258 valence electrons. The maximum atomic E-state index is 12.6. The molecule has 0 spiro atoms. The average molecular weight is 788 g/mol. The van der Waals surface area contributed by atoms with Crippen molar-refractivity contribution in [2.45, 2.75) is 33.4 Å². The Bertz CT molecular complexity index is 1800. The lowest BCUT2D eigenvalue weighted by Gasteiger charge is -2.28. The smallest absolute Gasteiger partial charge is 0.338 e. The molecule has 0 saturated carbocycles. The van der Waals surface area contributed by atoms with Crippen molar-refractivity contribution in [3.63, 3.8) is 0 Å². The number of hydrazone groups is 1. The van der Waals surface area contributed by atoms with Crippen molar-refractivity contribution in [2.24, 2.45) is 5.10 Å². The van der Waals surface area contributed by atoms with Crippen LogP contribution < -0.4 is 35.0 Å². The van der Waals surface area contributed by atoms with Crippen molar-refractivity contribution in [3.05, 3.63) is 96.2 Å². The van der Waals surface area contributed by atoms with E-state index in [1.807, 2.05) is 6.92 Å². The molecule has 3 amide bonds. The number of hydrogen-bond acceptors (Lipinski definition) is 11. The zero-order chi connectivity index (χ0) is 35.5. The van der Waals surface area contributed by atoms with Gasteiger partial charge in [-0.2, -0.15) is 5.10 Å². The molecule has 1 atom stereocenters. The van der Waals surface area contributed by atoms with Gasteiger partial charge in [-0.3, -0.25) is 14.9 Å². The number of esters is 1. The minimum Gasteiger partial charge on any atom is -0.493 e. The van der Waals surface area contributed by atoms with Crippen LogP contribution in [0.4, 0.5) is 10.5 Å². The molecule has 0 saturated heterocycles. The first-order valence-corrected chi connectivity index (χ1v) is 16.0. The second-order valence-corrected chi connectivity index (χ2v) is 11.4. The molecule has 3 aromatic carbocycles. The number of carbonyl (C=O) groups excluding carboxylic acids is 3. The third-order valence-electron chi connectivity index (χ3n) is 6.88. The number of nitrogens with zero attached hydrogens (tertiary/aromatic N) is 2. The summed E-state index contributed by atoms with van der Waals surface area (Å²) in [5.41, 5.74) is 4.79. The zero-order valence-corrected chi connectivity index (χ0v) is 29.2. The Hall–Kier alpha value is -5.39. The number of ether oxygens (including phenoxy) is 5. The lowest BCUT2D eigenvalue weighted by Crippen LogP contribution is -2.45. The summed E-state index contributed by atoms with van der Waals surface area (Å²) in [5.74, 6) is 0.312. The van der Waals surface area contributed by atoms with Crippen molar-refractivity contribution in [1.82, 2.24) is 16.1 Å². The largest absolute Gasteiger partial charge is 0.493 e. The maximum absolute atomic E-state index is 12.6. The normalized spacial score (nSPS) is 14.1. The van der Waals surface area contributed by atoms with Gasteiger partial charge in [-0.05, 0) is 84.3 Å². The monoisotopic (exact) mass is 787 g/mol. The van der Waals surface area contributed by atoms with Gasteiger partial charge in [0.05, 0.1) is 46.6 Å². The van der Waals surface area contributed by atoms with Crippen LogP contribution in [0.3, 0.4) is 0 Å². The molecule has 1 aliphatic heterocycles. The van der Waals surface area contributed by atoms with E-state index < -0.39 is 35.5 Å². The maximum Gasteiger partial charge on any atom is 0.338 e. The van der Waals surface area contributed by atoms with Crippen LogP contribution in [0.15, 0.2) is 71.0 Å². The summed E-state index contributed by atoms with van der Waals surface area (Å²) in [4.78, 5) is 48.0. The van der Waals surface area contributed by atoms with Crippen molar-refractivity contribution in [3.8, 4) is 23.0 Å². The van der Waals surface area contributed by atoms with E-state index >= 15 is 0 Å². The highest BCUT2D eigenvalue weighted by Gasteiger charge is 2.32. The van der Waals surface area contributed by atoms with Crippen LogP contribution in [-0.2, 0) is 20.9 Å². The highest BCUT2D eigenvalue weighted by Crippen LogP contribution is 2.36. The predicted octanol–water partition coefficient (Wildman–Crippen LogP) is 4.91. The molecule has 0 bridgehead atoms. The topological polar surface area (TPSA) is 189 Å². The van der Waals surface area contributed by atoms with Crippen molar-refractivity contribution < 1.29 is 43.0 Å². The number of non-ortho nitro benzene ring substituents is 1. The van der Waals surface area contributed by atoms with Gasteiger partial charge >= 0.3 is 12.0 Å². The Balaban J connectivity index is 1.39. The van der Waals surface area contributed by atoms with E-state index in [4.69, 9.17) is 23.7 Å². The standard InChI is InChI=1S/C33H34IN5O10/c1-5-46-27-14-21(13-24(34)31(27)49-17-20-8-7-9-23(12-20)39(43)44)16-35-38-28(40)18-48-25-11-10-22(15-26(25)45-4)30-29(32(41)47-6-2)19(3)36-33(42)37-30/h7-16,30H,5-6,17-18H2,1-4H3,(H,38,40)(H2,36,37,42)/b35-16-/t30-/m0/s1. The molecule has 16 heteroatoms. The first-order chi connectivity index (χ1) is 23.5. The Morgan fingerprint density at radius 1 is 1.04 bits per heavy atom. The van der Waals surface area contributed by atoms with Crippen LogP contribution >= 0.6 is 22.6 Å². The molecule has 4 rings (SSSR count). The van der Waals surface area contributed by atoms with Crippen LogP contribution in [0.2, 0.25) is 0 Å². The molecule has 1 heterocycles. The van der Waals surface area contributed by atoms with Gasteiger partial charge in [-0.15, -0.1) is 0 Å². The molecule has 3 N–H and O–H groups in total. The Morgan fingerprint density at radius 2 is 1.84 bits per heavy atom. The number of urea groups is 1. The van der Waals surface area contributed by atoms with E-state index in [9.17, 15) is 24.5 Å². The minimum atomic E-state index is -0.798. The number of methoxy groups -OCH3 is 1. The second-order valence-electron chi connectivity index (χ2n) is 10.3. The van der Waals surface area contributed by atoms with E-state index in [0.29, 0.717) is 44.1 Å². The molecule has 1 aliphatic rings. The summed E-state index contributed by atoms with van der Waals surface area (Å²) in [7, 11) is 1.42. The third kappa shape index (κ3) is 9.59. The second kappa shape index (κ2) is 17.1. The van der Waals surface area contributed by atoms with Crippen LogP contribution in [0.25, 0.3) is 0 Å². The zero-order valence-electron chi connectivity index (χ0n) is 27.0. The number of rotatable bonds is 15. The molecule has 49 heavy (non-hydrogen) atoms. The number of halogens is 1. The number of benzene rings is 3. The summed E-state index contributed by atoms with van der Waals surface area (Å²) < 4.78 is 28.7. The van der Waals surface area contributed by atoms with Crippen molar-refractivity contribution in [2.75, 3.05) is 26.9 Å². The van der Waals surface area contributed by atoms with Gasteiger partial charge in [0.15, 0.2) is 29.6 Å². The molecule has 0 aromatic heterocycles. The summed E-state index contributed by atoms with van der Waals surface area (Å²) in [6.45, 7) is 5.35. The van der Waals surface area contributed by atoms with Gasteiger partial charge in [0.1, 0.15) is 6.61 Å². The number of allylic oxidation sites excluding steroid dienone is 1. The summed E-state index contributed by atoms with van der Waals surface area (Å²) in [5, 5.41) is 20.4. The summed E-state index contributed by atoms with van der Waals surface area (Å²) in [6, 6.07) is 13.2. The van der Waals surface area contributed by atoms with Gasteiger partial charge in [0.25, 0.3) is 11.6 Å². The van der Waals surface area contributed by atoms with Gasteiger partial charge in [-0.25, -0.2) is 15.0 Å². The number of hydrogen-bond donors (Lipinski definition) is 3. The molecule has 15 nitrogen and oxygen atoms in total. The molecular formula is C33H34IN5O10. The lowest BCUT2D eigenvalue weighted by atomic mass is 9.95. The Labute approximate surface area is 295 Å². The molecular weight excluding hydrogens is 753 g/mol. The third-order valence-corrected chi connectivity index (χ3v) is 7.68. The van der Waals surface area contributed by atoms with E-state index in [2.05, 4.69) is 43.8 Å². The van der Waals surface area contributed by atoms with E-state index in [1.54, 1.807) is 56.3 Å². The first kappa shape index (κ1) is 36.4. The number of nitrogens with one attached hydrogen (secondary N) is 3. The van der Waals surface area contributed by atoms with Crippen molar-refractivity contribution in [1.29, 1.82) is 0 Å². The number of carbonyl (C=O) groups is 3. The van der Waals surface area contributed by atoms with E-state index in [0.717, 1.165) is 0 Å². The highest BCUT2D eigenvalue weighted by molar-refractivity contribution is 14.1. The Morgan fingerprint density at radius 3 is 2.55 bits per heavy atom. The fourth-order valence-electron chi connectivity index (χ4n) is 4.74. The fourth-order valence-corrected chi connectivity index (χ4v) is 5.52. The van der Waals surface area contributed by atoms with Crippen LogP contribution in [-0.4, -0.2) is 56.0 Å². The van der Waals surface area contributed by atoms with E-state index in [1.165, 1.54) is 25.5 Å². The number of amides is 3. The first-order valence-electron chi connectivity index (χ1n) is 14.9. The highest BCUT2D eigenvalue weighted by atomic mass is 127. The molecule has 0 fully saturated rings. The van der Waals surface area contributed by atoms with Crippen LogP contribution in [0.1, 0.15) is 43.5 Å². The molecule has 3 aromatic rings. The number of nitro groups is 1. The molecule has 0 unspecified atom stereocenters. The number of nitro benzene ring substituents is 1. The van der Waals surface area contributed by atoms with Gasteiger partial charge in [0, 0.05) is 17.8 Å². The van der Waals surface area contributed by atoms with Crippen LogP contribution in [0, 0.1) is 13.7 Å². The SMILES string of the molecule is CCOC(=O)C1=C(C)NC(=O)N[C@H]1c1ccc(OCC(=O)N/N=C\c2cc(I)c(OCc3cccc([N+](=O)[O-])c3)c(OCC)c2)c(OC)c1. The Kier molecular flexibility index (Phi) is 12.7. The van der Waals surface area contributed by atoms with E-state index in [-0.39, 0.29) is 36.0 Å². The summed E-state index contributed by atoms with van der Waals surface area (Å²) in [6.07, 6.45) is 1.44. The quantitative estimate of drug-likeness (QED) is 0.0628. The molecule has 0 aliphatic carbocycles. The van der Waals surface area contributed by atoms with Crippen LogP contribution in [0.5, 0.6) is 23.0 Å². The molecule has 0 radical (unpaired) electrons.